The van der Waals surface area contributed by atoms with Gasteiger partial charge in [-0.2, -0.15) is 0 Å². The highest BCUT2D eigenvalue weighted by atomic mass is 79.9. The van der Waals surface area contributed by atoms with Gasteiger partial charge in [-0.3, -0.25) is 4.79 Å². The number of halogens is 1. The summed E-state index contributed by atoms with van der Waals surface area (Å²) >= 11 is 3.50. The maximum atomic E-state index is 12.7. The van der Waals surface area contributed by atoms with Crippen molar-refractivity contribution in [3.8, 4) is 0 Å². The van der Waals surface area contributed by atoms with Crippen molar-refractivity contribution < 1.29 is 9.21 Å². The van der Waals surface area contributed by atoms with Crippen LogP contribution in [0.5, 0.6) is 0 Å². The molecule has 1 fully saturated rings. The molecule has 1 unspecified atom stereocenters. The molecule has 1 aliphatic rings. The summed E-state index contributed by atoms with van der Waals surface area (Å²) < 4.78 is 6.70. The van der Waals surface area contributed by atoms with Crippen LogP contribution in [0, 0.1) is 0 Å². The zero-order valence-corrected chi connectivity index (χ0v) is 13.1. The number of amides is 1. The van der Waals surface area contributed by atoms with Crippen molar-refractivity contribution in [2.24, 2.45) is 0 Å². The van der Waals surface area contributed by atoms with Crippen LogP contribution in [0.3, 0.4) is 0 Å². The maximum absolute atomic E-state index is 12.7. The highest BCUT2D eigenvalue weighted by Gasteiger charge is 2.28. The molecule has 2 aromatic rings. The molecule has 3 rings (SSSR count). The first kappa shape index (κ1) is 13.7. The molecule has 0 spiro atoms. The highest BCUT2D eigenvalue weighted by Crippen LogP contribution is 2.29. The summed E-state index contributed by atoms with van der Waals surface area (Å²) in [5, 5.41) is 0.959. The minimum atomic E-state index is 0.0275. The lowest BCUT2D eigenvalue weighted by molar-refractivity contribution is 0.0578. The summed E-state index contributed by atoms with van der Waals surface area (Å²) in [6, 6.07) is 7.97. The molecular weight excluding hydrogens is 318 g/mol. The summed E-state index contributed by atoms with van der Waals surface area (Å²) in [6.45, 7) is 2.99. The van der Waals surface area contributed by atoms with Crippen molar-refractivity contribution in [3.05, 3.63) is 34.5 Å². The number of benzene rings is 1. The predicted octanol–water partition coefficient (Wildman–Crippen LogP) is 4.60. The molecule has 0 bridgehead atoms. The van der Waals surface area contributed by atoms with Gasteiger partial charge in [0.1, 0.15) is 5.58 Å². The molecule has 1 atom stereocenters. The molecule has 0 saturated carbocycles. The first-order valence-corrected chi connectivity index (χ1v) is 7.99. The van der Waals surface area contributed by atoms with Crippen molar-refractivity contribution >= 4 is 32.8 Å². The SMILES string of the molecule is CCC1CCCCN1C(=O)c1cc2c(Br)cccc2o1. The summed E-state index contributed by atoms with van der Waals surface area (Å²) in [5.74, 6) is 0.479. The van der Waals surface area contributed by atoms with Gasteiger partial charge in [0.25, 0.3) is 5.91 Å². The molecule has 0 N–H and O–H groups in total. The number of nitrogens with zero attached hydrogens (tertiary/aromatic N) is 1. The molecule has 3 nitrogen and oxygen atoms in total. The summed E-state index contributed by atoms with van der Waals surface area (Å²) in [4.78, 5) is 14.6. The van der Waals surface area contributed by atoms with E-state index >= 15 is 0 Å². The number of carbonyl (C=O) groups is 1. The Balaban J connectivity index is 1.93. The number of piperidine rings is 1. The van der Waals surface area contributed by atoms with Crippen LogP contribution in [0.1, 0.15) is 43.2 Å². The number of hydrogen-bond acceptors (Lipinski definition) is 2. The Bertz CT molecular complexity index is 634. The number of carbonyl (C=O) groups excluding carboxylic acids is 1. The van der Waals surface area contributed by atoms with Crippen molar-refractivity contribution in [3.63, 3.8) is 0 Å². The molecule has 20 heavy (non-hydrogen) atoms. The number of likely N-dealkylation sites (tertiary alicyclic amines) is 1. The van der Waals surface area contributed by atoms with E-state index in [1.165, 1.54) is 6.42 Å². The number of hydrogen-bond donors (Lipinski definition) is 0. The second-order valence-corrected chi connectivity index (χ2v) is 6.17. The lowest BCUT2D eigenvalue weighted by Crippen LogP contribution is -2.43. The van der Waals surface area contributed by atoms with Crippen molar-refractivity contribution in [2.75, 3.05) is 6.54 Å². The van der Waals surface area contributed by atoms with Gasteiger partial charge >= 0.3 is 0 Å². The van der Waals surface area contributed by atoms with E-state index in [0.717, 1.165) is 41.2 Å². The van der Waals surface area contributed by atoms with E-state index in [2.05, 4.69) is 22.9 Å². The topological polar surface area (TPSA) is 33.5 Å². The fourth-order valence-corrected chi connectivity index (χ4v) is 3.43. The van der Waals surface area contributed by atoms with Crippen molar-refractivity contribution in [1.29, 1.82) is 0 Å². The van der Waals surface area contributed by atoms with Crippen LogP contribution in [0.2, 0.25) is 0 Å². The molecule has 1 amide bonds. The average Bonchev–Trinajstić information content (AvgIpc) is 2.92. The Morgan fingerprint density at radius 1 is 1.45 bits per heavy atom. The van der Waals surface area contributed by atoms with Gasteiger partial charge in [0.15, 0.2) is 5.76 Å². The number of rotatable bonds is 2. The molecule has 106 valence electrons. The highest BCUT2D eigenvalue weighted by molar-refractivity contribution is 9.10. The van der Waals surface area contributed by atoms with Crippen LogP contribution in [0.25, 0.3) is 11.0 Å². The largest absolute Gasteiger partial charge is 0.451 e. The third kappa shape index (κ3) is 2.37. The Labute approximate surface area is 127 Å². The fraction of sp³-hybridized carbons (Fsp3) is 0.438. The van der Waals surface area contributed by atoms with Crippen LogP contribution in [0.4, 0.5) is 0 Å². The first-order chi connectivity index (χ1) is 9.70. The fourth-order valence-electron chi connectivity index (χ4n) is 2.96. The molecule has 1 aromatic carbocycles. The van der Waals surface area contributed by atoms with Gasteiger partial charge in [0, 0.05) is 22.4 Å². The van der Waals surface area contributed by atoms with Crippen molar-refractivity contribution in [1.82, 2.24) is 4.90 Å². The Hall–Kier alpha value is -1.29. The zero-order chi connectivity index (χ0) is 14.1. The Morgan fingerprint density at radius 3 is 3.05 bits per heavy atom. The Kier molecular flexibility index (Phi) is 3.83. The van der Waals surface area contributed by atoms with Crippen LogP contribution < -0.4 is 0 Å². The normalized spacial score (nSPS) is 19.5. The van der Waals surface area contributed by atoms with E-state index in [4.69, 9.17) is 4.42 Å². The van der Waals surface area contributed by atoms with Gasteiger partial charge < -0.3 is 9.32 Å². The minimum absolute atomic E-state index is 0.0275. The maximum Gasteiger partial charge on any atom is 0.289 e. The second-order valence-electron chi connectivity index (χ2n) is 5.32. The third-order valence-corrected chi connectivity index (χ3v) is 4.77. The van der Waals surface area contributed by atoms with Gasteiger partial charge in [-0.1, -0.05) is 28.9 Å². The zero-order valence-electron chi connectivity index (χ0n) is 11.6. The van der Waals surface area contributed by atoms with Crippen LogP contribution >= 0.6 is 15.9 Å². The Morgan fingerprint density at radius 2 is 2.30 bits per heavy atom. The monoisotopic (exact) mass is 335 g/mol. The van der Waals surface area contributed by atoms with Crippen molar-refractivity contribution in [2.45, 2.75) is 38.6 Å². The van der Waals surface area contributed by atoms with Gasteiger partial charge in [-0.25, -0.2) is 0 Å². The average molecular weight is 336 g/mol. The minimum Gasteiger partial charge on any atom is -0.451 e. The van der Waals surface area contributed by atoms with Gasteiger partial charge in [0.05, 0.1) is 0 Å². The molecular formula is C16H18BrNO2. The molecule has 4 heteroatoms. The molecule has 0 aliphatic carbocycles. The van der Waals surface area contributed by atoms with Gasteiger partial charge in [-0.05, 0) is 43.9 Å². The lowest BCUT2D eigenvalue weighted by Gasteiger charge is -2.34. The second kappa shape index (κ2) is 5.60. The van der Waals surface area contributed by atoms with E-state index in [0.29, 0.717) is 11.8 Å². The van der Waals surface area contributed by atoms with E-state index in [9.17, 15) is 4.79 Å². The molecule has 1 aliphatic heterocycles. The van der Waals surface area contributed by atoms with E-state index in [1.54, 1.807) is 0 Å². The van der Waals surface area contributed by atoms with E-state index in [1.807, 2.05) is 29.2 Å². The van der Waals surface area contributed by atoms with Crippen LogP contribution in [-0.2, 0) is 0 Å². The first-order valence-electron chi connectivity index (χ1n) is 7.19. The lowest BCUT2D eigenvalue weighted by atomic mass is 10.00. The third-order valence-electron chi connectivity index (χ3n) is 4.08. The summed E-state index contributed by atoms with van der Waals surface area (Å²) in [5.41, 5.74) is 0.757. The van der Waals surface area contributed by atoms with E-state index < -0.39 is 0 Å². The number of furan rings is 1. The summed E-state index contributed by atoms with van der Waals surface area (Å²) in [6.07, 6.45) is 4.42. The molecule has 2 heterocycles. The number of fused-ring (bicyclic) bond motifs is 1. The predicted molar refractivity (Wildman–Crippen MR) is 82.9 cm³/mol. The standard InChI is InChI=1S/C16H18BrNO2/c1-2-11-6-3-4-9-18(11)16(19)15-10-12-13(17)7-5-8-14(12)20-15/h5,7-8,10-11H,2-4,6,9H2,1H3. The van der Waals surface area contributed by atoms with Gasteiger partial charge in [-0.15, -0.1) is 0 Å². The molecule has 1 saturated heterocycles. The summed E-state index contributed by atoms with van der Waals surface area (Å²) in [7, 11) is 0. The smallest absolute Gasteiger partial charge is 0.289 e. The molecule has 0 radical (unpaired) electrons. The quantitative estimate of drug-likeness (QED) is 0.803. The van der Waals surface area contributed by atoms with Gasteiger partial charge in [0.2, 0.25) is 0 Å². The van der Waals surface area contributed by atoms with Crippen LogP contribution in [-0.4, -0.2) is 23.4 Å². The molecule has 1 aromatic heterocycles. The van der Waals surface area contributed by atoms with E-state index in [-0.39, 0.29) is 5.91 Å². The van der Waals surface area contributed by atoms with Crippen LogP contribution in [0.15, 0.2) is 33.2 Å².